The number of ether oxygens (including phenoxy) is 1. The molecule has 1 rings (SSSR count). The molecule has 0 saturated heterocycles. The molecule has 1 aliphatic carbocycles. The van der Waals surface area contributed by atoms with Crippen molar-refractivity contribution in [2.75, 3.05) is 0 Å². The van der Waals surface area contributed by atoms with Crippen LogP contribution in [-0.4, -0.2) is 12.6 Å². The van der Waals surface area contributed by atoms with Gasteiger partial charge in [-0.3, -0.25) is 4.79 Å². The maximum Gasteiger partial charge on any atom is 0.293 e. The highest BCUT2D eigenvalue weighted by Gasteiger charge is 2.07. The second kappa shape index (κ2) is 3.15. The number of carbonyl (C=O) groups excluding carboxylic acids is 1. The van der Waals surface area contributed by atoms with E-state index in [0.717, 1.165) is 0 Å². The largest absolute Gasteiger partial charge is 0.460 e. The normalized spacial score (nSPS) is 23.7. The summed E-state index contributed by atoms with van der Waals surface area (Å²) in [7, 11) is 0. The van der Waals surface area contributed by atoms with Crippen LogP contribution in [0, 0.1) is 0 Å². The standard InChI is InChI=1S/C7H7FO2/c8-6-1-3-7(4-2-6)10-5-9/h1-3,5,7H,4H2. The first-order valence-electron chi connectivity index (χ1n) is 2.96. The number of carbonyl (C=O) groups is 1. The summed E-state index contributed by atoms with van der Waals surface area (Å²) in [6.45, 7) is 0.367. The molecular weight excluding hydrogens is 135 g/mol. The number of allylic oxidation sites excluding steroid dienone is 2. The van der Waals surface area contributed by atoms with Gasteiger partial charge in [0.1, 0.15) is 11.9 Å². The number of hydrogen-bond acceptors (Lipinski definition) is 2. The molecule has 1 atom stereocenters. The highest BCUT2D eigenvalue weighted by molar-refractivity contribution is 5.38. The molecule has 1 aliphatic rings. The predicted octanol–water partition coefficient (Wildman–Crippen LogP) is 1.34. The van der Waals surface area contributed by atoms with Gasteiger partial charge in [0, 0.05) is 6.42 Å². The van der Waals surface area contributed by atoms with Crippen molar-refractivity contribution in [2.24, 2.45) is 0 Å². The third-order valence-electron chi connectivity index (χ3n) is 1.25. The van der Waals surface area contributed by atoms with Crippen molar-refractivity contribution in [3.63, 3.8) is 0 Å². The molecule has 0 amide bonds. The Morgan fingerprint density at radius 2 is 2.60 bits per heavy atom. The molecule has 2 nitrogen and oxygen atoms in total. The molecule has 0 N–H and O–H groups in total. The van der Waals surface area contributed by atoms with Gasteiger partial charge < -0.3 is 4.74 Å². The topological polar surface area (TPSA) is 26.3 Å². The van der Waals surface area contributed by atoms with Crippen molar-refractivity contribution in [3.8, 4) is 0 Å². The number of rotatable bonds is 2. The Morgan fingerprint density at radius 3 is 3.10 bits per heavy atom. The maximum atomic E-state index is 12.2. The van der Waals surface area contributed by atoms with Crippen LogP contribution in [0.4, 0.5) is 4.39 Å². The molecule has 0 aromatic heterocycles. The Labute approximate surface area is 58.0 Å². The zero-order chi connectivity index (χ0) is 7.40. The second-order valence-electron chi connectivity index (χ2n) is 1.95. The lowest BCUT2D eigenvalue weighted by Gasteiger charge is -2.10. The van der Waals surface area contributed by atoms with Gasteiger partial charge in [-0.05, 0) is 18.2 Å². The first kappa shape index (κ1) is 6.99. The van der Waals surface area contributed by atoms with E-state index in [1.807, 2.05) is 0 Å². The van der Waals surface area contributed by atoms with E-state index < -0.39 is 0 Å². The lowest BCUT2D eigenvalue weighted by molar-refractivity contribution is -0.131. The van der Waals surface area contributed by atoms with Gasteiger partial charge in [0.15, 0.2) is 0 Å². The summed E-state index contributed by atoms with van der Waals surface area (Å²) in [5.74, 6) is -0.272. The quantitative estimate of drug-likeness (QED) is 0.544. The first-order chi connectivity index (χ1) is 4.83. The van der Waals surface area contributed by atoms with E-state index >= 15 is 0 Å². The van der Waals surface area contributed by atoms with Crippen LogP contribution in [0.25, 0.3) is 0 Å². The average Bonchev–Trinajstić information content (AvgIpc) is 1.95. The Kier molecular flexibility index (Phi) is 2.20. The van der Waals surface area contributed by atoms with Crippen molar-refractivity contribution < 1.29 is 13.9 Å². The number of halogens is 1. The Bertz CT molecular complexity index is 184. The minimum Gasteiger partial charge on any atom is -0.460 e. The highest BCUT2D eigenvalue weighted by Crippen LogP contribution is 2.12. The van der Waals surface area contributed by atoms with E-state index in [-0.39, 0.29) is 11.9 Å². The predicted molar refractivity (Wildman–Crippen MR) is 33.9 cm³/mol. The zero-order valence-electron chi connectivity index (χ0n) is 5.29. The van der Waals surface area contributed by atoms with Gasteiger partial charge in [-0.2, -0.15) is 0 Å². The lowest BCUT2D eigenvalue weighted by Crippen LogP contribution is -2.09. The summed E-state index contributed by atoms with van der Waals surface area (Å²) in [6, 6.07) is 0. The summed E-state index contributed by atoms with van der Waals surface area (Å²) < 4.78 is 16.8. The van der Waals surface area contributed by atoms with Crippen LogP contribution >= 0.6 is 0 Å². The Morgan fingerprint density at radius 1 is 1.80 bits per heavy atom. The van der Waals surface area contributed by atoms with Crippen LogP contribution < -0.4 is 0 Å². The monoisotopic (exact) mass is 142 g/mol. The van der Waals surface area contributed by atoms with Gasteiger partial charge in [-0.15, -0.1) is 0 Å². The minimum atomic E-state index is -0.281. The fourth-order valence-electron chi connectivity index (χ4n) is 0.747. The van der Waals surface area contributed by atoms with Crippen molar-refractivity contribution in [1.29, 1.82) is 0 Å². The zero-order valence-corrected chi connectivity index (χ0v) is 5.29. The minimum absolute atomic E-state index is 0.272. The van der Waals surface area contributed by atoms with E-state index in [0.29, 0.717) is 12.9 Å². The molecule has 54 valence electrons. The Hall–Kier alpha value is -1.12. The molecule has 3 heteroatoms. The molecular formula is C7H7FO2. The summed E-state index contributed by atoms with van der Waals surface area (Å²) in [5.41, 5.74) is 0. The van der Waals surface area contributed by atoms with Crippen LogP contribution in [0.1, 0.15) is 6.42 Å². The van der Waals surface area contributed by atoms with Crippen LogP contribution in [0.15, 0.2) is 24.1 Å². The Balaban J connectivity index is 2.44. The van der Waals surface area contributed by atoms with E-state index in [1.165, 1.54) is 18.2 Å². The average molecular weight is 142 g/mol. The first-order valence-corrected chi connectivity index (χ1v) is 2.96. The smallest absolute Gasteiger partial charge is 0.293 e. The van der Waals surface area contributed by atoms with Crippen LogP contribution in [0.2, 0.25) is 0 Å². The number of hydrogen-bond donors (Lipinski definition) is 0. The van der Waals surface area contributed by atoms with Crippen molar-refractivity contribution in [2.45, 2.75) is 12.5 Å². The van der Waals surface area contributed by atoms with E-state index in [9.17, 15) is 9.18 Å². The summed E-state index contributed by atoms with van der Waals surface area (Å²) in [6.07, 6.45) is 4.34. The van der Waals surface area contributed by atoms with Crippen LogP contribution in [0.5, 0.6) is 0 Å². The van der Waals surface area contributed by atoms with Gasteiger partial charge in [-0.1, -0.05) is 0 Å². The van der Waals surface area contributed by atoms with Crippen molar-refractivity contribution in [3.05, 3.63) is 24.1 Å². The van der Waals surface area contributed by atoms with Gasteiger partial charge in [0.05, 0.1) is 0 Å². The third-order valence-corrected chi connectivity index (χ3v) is 1.25. The lowest BCUT2D eigenvalue weighted by atomic mass is 10.1. The summed E-state index contributed by atoms with van der Waals surface area (Å²) in [5, 5.41) is 0. The molecule has 0 radical (unpaired) electrons. The molecule has 1 unspecified atom stereocenters. The van der Waals surface area contributed by atoms with Crippen LogP contribution in [0.3, 0.4) is 0 Å². The van der Waals surface area contributed by atoms with E-state index in [2.05, 4.69) is 4.74 Å². The second-order valence-corrected chi connectivity index (χ2v) is 1.95. The van der Waals surface area contributed by atoms with E-state index in [1.54, 1.807) is 0 Å². The molecule has 0 saturated carbocycles. The molecule has 0 bridgehead atoms. The van der Waals surface area contributed by atoms with Gasteiger partial charge in [0.25, 0.3) is 6.47 Å². The molecule has 0 aliphatic heterocycles. The molecule has 0 aromatic carbocycles. The fraction of sp³-hybridized carbons (Fsp3) is 0.286. The van der Waals surface area contributed by atoms with E-state index in [4.69, 9.17) is 0 Å². The van der Waals surface area contributed by atoms with Gasteiger partial charge in [0.2, 0.25) is 0 Å². The summed E-state index contributed by atoms with van der Waals surface area (Å²) in [4.78, 5) is 9.78. The third kappa shape index (κ3) is 1.69. The molecule has 0 aromatic rings. The van der Waals surface area contributed by atoms with Crippen LogP contribution in [-0.2, 0) is 9.53 Å². The maximum absolute atomic E-state index is 12.2. The molecule has 10 heavy (non-hydrogen) atoms. The molecule has 0 fully saturated rings. The van der Waals surface area contributed by atoms with Crippen molar-refractivity contribution >= 4 is 6.47 Å². The molecule has 0 spiro atoms. The molecule has 0 heterocycles. The van der Waals surface area contributed by atoms with Gasteiger partial charge >= 0.3 is 0 Å². The highest BCUT2D eigenvalue weighted by atomic mass is 19.1. The van der Waals surface area contributed by atoms with Crippen molar-refractivity contribution in [1.82, 2.24) is 0 Å². The summed E-state index contributed by atoms with van der Waals surface area (Å²) >= 11 is 0. The SMILES string of the molecule is O=COC1C=CC(F)=CC1. The fourth-order valence-corrected chi connectivity index (χ4v) is 0.747. The van der Waals surface area contributed by atoms with Gasteiger partial charge in [-0.25, -0.2) is 4.39 Å².